The molecule has 0 aliphatic heterocycles. The van der Waals surface area contributed by atoms with Crippen LogP contribution >= 0.6 is 0 Å². The van der Waals surface area contributed by atoms with Crippen molar-refractivity contribution in [3.05, 3.63) is 76.5 Å². The van der Waals surface area contributed by atoms with Crippen molar-refractivity contribution in [2.45, 2.75) is 26.8 Å². The van der Waals surface area contributed by atoms with E-state index in [4.69, 9.17) is 5.73 Å². The number of pyridine rings is 1. The Bertz CT molecular complexity index is 806. The maximum atomic E-state index is 6.59. The topological polar surface area (TPSA) is 38.9 Å². The molecule has 0 aliphatic carbocycles. The SMILES string of the molecule is Cc1ccc(C)c(C(N)c2cc(C)nc3ccccc23)c1. The number of nitrogens with zero attached hydrogens (tertiary/aromatic N) is 1. The number of hydrogen-bond acceptors (Lipinski definition) is 2. The van der Waals surface area contributed by atoms with Gasteiger partial charge in [0.2, 0.25) is 0 Å². The molecule has 3 rings (SSSR count). The van der Waals surface area contributed by atoms with E-state index in [1.165, 1.54) is 16.7 Å². The van der Waals surface area contributed by atoms with Crippen molar-refractivity contribution in [1.82, 2.24) is 4.98 Å². The number of hydrogen-bond donors (Lipinski definition) is 1. The number of rotatable bonds is 2. The maximum absolute atomic E-state index is 6.59. The Kier molecular flexibility index (Phi) is 3.48. The van der Waals surface area contributed by atoms with Crippen molar-refractivity contribution in [3.8, 4) is 0 Å². The zero-order valence-corrected chi connectivity index (χ0v) is 12.7. The van der Waals surface area contributed by atoms with Crippen LogP contribution in [0.4, 0.5) is 0 Å². The standard InChI is InChI=1S/C19H20N2/c1-12-8-9-13(2)16(10-12)19(20)17-11-14(3)21-18-7-5-4-6-15(17)18/h4-11,19H,20H2,1-3H3. The molecule has 0 saturated carbocycles. The average molecular weight is 276 g/mol. The van der Waals surface area contributed by atoms with Gasteiger partial charge in [0.05, 0.1) is 11.6 Å². The second kappa shape index (κ2) is 5.30. The Morgan fingerprint density at radius 2 is 1.67 bits per heavy atom. The number of nitrogens with two attached hydrogens (primary N) is 1. The average Bonchev–Trinajstić information content (AvgIpc) is 2.48. The van der Waals surface area contributed by atoms with Crippen LogP contribution in [-0.4, -0.2) is 4.98 Å². The summed E-state index contributed by atoms with van der Waals surface area (Å²) in [6.45, 7) is 6.24. The van der Waals surface area contributed by atoms with E-state index in [9.17, 15) is 0 Å². The fourth-order valence-corrected chi connectivity index (χ4v) is 2.86. The van der Waals surface area contributed by atoms with E-state index in [0.29, 0.717) is 0 Å². The Hall–Kier alpha value is -2.19. The van der Waals surface area contributed by atoms with Gasteiger partial charge in [0.1, 0.15) is 0 Å². The van der Waals surface area contributed by atoms with Crippen LogP contribution in [0.5, 0.6) is 0 Å². The lowest BCUT2D eigenvalue weighted by Crippen LogP contribution is -2.14. The van der Waals surface area contributed by atoms with Gasteiger partial charge in [0.25, 0.3) is 0 Å². The molecule has 0 amide bonds. The third-order valence-electron chi connectivity index (χ3n) is 3.98. The van der Waals surface area contributed by atoms with E-state index in [2.05, 4.69) is 49.2 Å². The van der Waals surface area contributed by atoms with E-state index in [1.807, 2.05) is 25.1 Å². The molecular weight excluding hydrogens is 256 g/mol. The summed E-state index contributed by atoms with van der Waals surface area (Å²) in [5.74, 6) is 0. The van der Waals surface area contributed by atoms with Gasteiger partial charge in [-0.05, 0) is 49.6 Å². The van der Waals surface area contributed by atoms with Crippen molar-refractivity contribution in [2.75, 3.05) is 0 Å². The molecule has 21 heavy (non-hydrogen) atoms. The van der Waals surface area contributed by atoms with Crippen LogP contribution < -0.4 is 5.73 Å². The van der Waals surface area contributed by atoms with Crippen LogP contribution in [0.3, 0.4) is 0 Å². The van der Waals surface area contributed by atoms with Crippen LogP contribution in [0, 0.1) is 20.8 Å². The van der Waals surface area contributed by atoms with Crippen LogP contribution in [0.15, 0.2) is 48.5 Å². The normalized spacial score (nSPS) is 12.6. The second-order valence-corrected chi connectivity index (χ2v) is 5.71. The lowest BCUT2D eigenvalue weighted by molar-refractivity contribution is 0.864. The zero-order chi connectivity index (χ0) is 15.0. The summed E-state index contributed by atoms with van der Waals surface area (Å²) in [5, 5.41) is 1.14. The van der Waals surface area contributed by atoms with E-state index < -0.39 is 0 Å². The number of aromatic nitrogens is 1. The molecule has 0 bridgehead atoms. The molecule has 2 aromatic carbocycles. The molecule has 2 N–H and O–H groups in total. The van der Waals surface area contributed by atoms with Crippen molar-refractivity contribution in [1.29, 1.82) is 0 Å². The lowest BCUT2D eigenvalue weighted by Gasteiger charge is -2.18. The quantitative estimate of drug-likeness (QED) is 0.761. The van der Waals surface area contributed by atoms with Gasteiger partial charge in [-0.1, -0.05) is 42.0 Å². The number of benzene rings is 2. The summed E-state index contributed by atoms with van der Waals surface area (Å²) < 4.78 is 0. The summed E-state index contributed by atoms with van der Waals surface area (Å²) in [4.78, 5) is 4.60. The molecule has 2 heteroatoms. The molecule has 1 heterocycles. The Balaban J connectivity index is 2.22. The first kappa shape index (κ1) is 13.8. The molecular formula is C19H20N2. The van der Waals surface area contributed by atoms with Gasteiger partial charge in [-0.3, -0.25) is 4.98 Å². The third-order valence-corrected chi connectivity index (χ3v) is 3.98. The van der Waals surface area contributed by atoms with E-state index >= 15 is 0 Å². The summed E-state index contributed by atoms with van der Waals surface area (Å²) in [6.07, 6.45) is 0. The predicted octanol–water partition coefficient (Wildman–Crippen LogP) is 4.21. The van der Waals surface area contributed by atoms with Gasteiger partial charge in [-0.2, -0.15) is 0 Å². The van der Waals surface area contributed by atoms with E-state index in [0.717, 1.165) is 22.2 Å². The summed E-state index contributed by atoms with van der Waals surface area (Å²) >= 11 is 0. The molecule has 0 saturated heterocycles. The van der Waals surface area contributed by atoms with Gasteiger partial charge in [0.15, 0.2) is 0 Å². The van der Waals surface area contributed by atoms with Gasteiger partial charge in [-0.25, -0.2) is 0 Å². The summed E-state index contributed by atoms with van der Waals surface area (Å²) in [6, 6.07) is 16.6. The Morgan fingerprint density at radius 1 is 0.905 bits per heavy atom. The van der Waals surface area contributed by atoms with Crippen molar-refractivity contribution in [3.63, 3.8) is 0 Å². The lowest BCUT2D eigenvalue weighted by atomic mass is 9.92. The molecule has 1 unspecified atom stereocenters. The van der Waals surface area contributed by atoms with Crippen molar-refractivity contribution < 1.29 is 0 Å². The van der Waals surface area contributed by atoms with Crippen LogP contribution in [0.2, 0.25) is 0 Å². The minimum absolute atomic E-state index is 0.128. The van der Waals surface area contributed by atoms with Gasteiger partial charge >= 0.3 is 0 Å². The molecule has 0 fully saturated rings. The first-order valence-corrected chi connectivity index (χ1v) is 7.25. The molecule has 2 nitrogen and oxygen atoms in total. The number of para-hydroxylation sites is 1. The van der Waals surface area contributed by atoms with Crippen LogP contribution in [0.25, 0.3) is 10.9 Å². The van der Waals surface area contributed by atoms with Crippen LogP contribution in [-0.2, 0) is 0 Å². The third kappa shape index (κ3) is 2.55. The summed E-state index contributed by atoms with van der Waals surface area (Å²) in [7, 11) is 0. The maximum Gasteiger partial charge on any atom is 0.0708 e. The molecule has 0 radical (unpaired) electrons. The smallest absolute Gasteiger partial charge is 0.0708 e. The van der Waals surface area contributed by atoms with Crippen molar-refractivity contribution >= 4 is 10.9 Å². The minimum atomic E-state index is -0.128. The minimum Gasteiger partial charge on any atom is -0.320 e. The highest BCUT2D eigenvalue weighted by molar-refractivity contribution is 5.83. The summed E-state index contributed by atoms with van der Waals surface area (Å²) in [5.41, 5.74) is 13.4. The zero-order valence-electron chi connectivity index (χ0n) is 12.7. The fraction of sp³-hybridized carbons (Fsp3) is 0.211. The first-order chi connectivity index (χ1) is 10.1. The van der Waals surface area contributed by atoms with Crippen LogP contribution in [0.1, 0.15) is 34.0 Å². The molecule has 1 aromatic heterocycles. The second-order valence-electron chi connectivity index (χ2n) is 5.71. The van der Waals surface area contributed by atoms with E-state index in [-0.39, 0.29) is 6.04 Å². The monoisotopic (exact) mass is 276 g/mol. The highest BCUT2D eigenvalue weighted by Gasteiger charge is 2.15. The fourth-order valence-electron chi connectivity index (χ4n) is 2.86. The van der Waals surface area contributed by atoms with Gasteiger partial charge < -0.3 is 5.73 Å². The predicted molar refractivity (Wildman–Crippen MR) is 88.4 cm³/mol. The molecule has 1 atom stereocenters. The molecule has 106 valence electrons. The van der Waals surface area contributed by atoms with Crippen molar-refractivity contribution in [2.24, 2.45) is 5.73 Å². The largest absolute Gasteiger partial charge is 0.320 e. The van der Waals surface area contributed by atoms with E-state index in [1.54, 1.807) is 0 Å². The number of aryl methyl sites for hydroxylation is 3. The highest BCUT2D eigenvalue weighted by Crippen LogP contribution is 2.29. The number of fused-ring (bicyclic) bond motifs is 1. The molecule has 3 aromatic rings. The Morgan fingerprint density at radius 3 is 2.48 bits per heavy atom. The van der Waals surface area contributed by atoms with Gasteiger partial charge in [-0.15, -0.1) is 0 Å². The first-order valence-electron chi connectivity index (χ1n) is 7.25. The Labute approximate surface area is 125 Å². The molecule has 0 spiro atoms. The van der Waals surface area contributed by atoms with Gasteiger partial charge in [0, 0.05) is 11.1 Å². The molecule has 0 aliphatic rings. The highest BCUT2D eigenvalue weighted by atomic mass is 14.7.